The van der Waals surface area contributed by atoms with Crippen molar-refractivity contribution in [1.29, 1.82) is 0 Å². The molecule has 0 radical (unpaired) electrons. The smallest absolute Gasteiger partial charge is 0.293 e. The highest BCUT2D eigenvalue weighted by Crippen LogP contribution is 2.31. The van der Waals surface area contributed by atoms with Gasteiger partial charge in [-0.05, 0) is 6.07 Å². The molecule has 1 aromatic heterocycles. The fourth-order valence-electron chi connectivity index (χ4n) is 1.70. The van der Waals surface area contributed by atoms with Gasteiger partial charge < -0.3 is 4.74 Å². The van der Waals surface area contributed by atoms with E-state index in [4.69, 9.17) is 4.74 Å². The number of ether oxygens (including phenoxy) is 1. The number of carbonyl (C=O) groups is 1. The van der Waals surface area contributed by atoms with Crippen molar-refractivity contribution >= 4 is 11.5 Å². The zero-order chi connectivity index (χ0) is 11.5. The van der Waals surface area contributed by atoms with Crippen molar-refractivity contribution in [3.05, 3.63) is 34.1 Å². The lowest BCUT2D eigenvalue weighted by molar-refractivity contribution is -0.386. The zero-order valence-corrected chi connectivity index (χ0v) is 8.46. The van der Waals surface area contributed by atoms with E-state index in [0.717, 1.165) is 0 Å². The van der Waals surface area contributed by atoms with Crippen LogP contribution in [0.15, 0.2) is 18.5 Å². The van der Waals surface area contributed by atoms with Crippen LogP contribution in [0.2, 0.25) is 0 Å². The molecule has 1 aliphatic rings. The number of Topliss-reactive ketones (excluding diaryl/α,β-unsaturated/α-hetero) is 1. The summed E-state index contributed by atoms with van der Waals surface area (Å²) in [7, 11) is 0. The molecule has 2 heterocycles. The van der Waals surface area contributed by atoms with E-state index in [-0.39, 0.29) is 17.9 Å². The first kappa shape index (κ1) is 10.7. The van der Waals surface area contributed by atoms with Crippen LogP contribution < -0.4 is 0 Å². The van der Waals surface area contributed by atoms with Gasteiger partial charge in [-0.3, -0.25) is 19.9 Å². The summed E-state index contributed by atoms with van der Waals surface area (Å²) in [6.07, 6.45) is 2.72. The van der Waals surface area contributed by atoms with Gasteiger partial charge >= 0.3 is 0 Å². The number of rotatable bonds is 2. The average molecular weight is 222 g/mol. The van der Waals surface area contributed by atoms with Crippen molar-refractivity contribution in [2.75, 3.05) is 6.61 Å². The van der Waals surface area contributed by atoms with Crippen LogP contribution in [0.4, 0.5) is 5.69 Å². The molecule has 1 atom stereocenters. The second-order valence-electron chi connectivity index (χ2n) is 3.54. The molecule has 0 saturated carbocycles. The topological polar surface area (TPSA) is 82.3 Å². The lowest BCUT2D eigenvalue weighted by atomic mass is 10.0. The van der Waals surface area contributed by atoms with Gasteiger partial charge in [0, 0.05) is 19.0 Å². The van der Waals surface area contributed by atoms with Gasteiger partial charge in [-0.15, -0.1) is 0 Å². The summed E-state index contributed by atoms with van der Waals surface area (Å²) in [5.74, 6) is 0.0716. The van der Waals surface area contributed by atoms with Crippen molar-refractivity contribution in [1.82, 2.24) is 4.98 Å². The maximum Gasteiger partial charge on any atom is 0.293 e. The Labute approximate surface area is 91.4 Å². The second kappa shape index (κ2) is 4.36. The second-order valence-corrected chi connectivity index (χ2v) is 3.54. The Morgan fingerprint density at radius 1 is 1.56 bits per heavy atom. The molecule has 1 aliphatic heterocycles. The number of hydrogen-bond acceptors (Lipinski definition) is 5. The van der Waals surface area contributed by atoms with Crippen molar-refractivity contribution < 1.29 is 14.5 Å². The van der Waals surface area contributed by atoms with Crippen molar-refractivity contribution in [2.24, 2.45) is 0 Å². The van der Waals surface area contributed by atoms with E-state index in [1.165, 1.54) is 18.5 Å². The molecule has 1 fully saturated rings. The number of nitrogens with zero attached hydrogens (tertiary/aromatic N) is 2. The van der Waals surface area contributed by atoms with E-state index in [1.807, 2.05) is 0 Å². The molecule has 1 unspecified atom stereocenters. The van der Waals surface area contributed by atoms with Crippen molar-refractivity contribution in [3.63, 3.8) is 0 Å². The number of carbonyl (C=O) groups excluding carboxylic acids is 1. The van der Waals surface area contributed by atoms with Gasteiger partial charge in [0.1, 0.15) is 12.0 Å². The molecular weight excluding hydrogens is 212 g/mol. The minimum absolute atomic E-state index is 0.0716. The molecule has 0 aromatic carbocycles. The molecule has 6 heteroatoms. The standard InChI is InChI=1S/C10H10N2O4/c13-7-2-4-16-10(5-7)8-1-3-11-6-9(8)12(14)15/h1,3,6,10H,2,4-5H2. The molecular formula is C10H10N2O4. The minimum Gasteiger partial charge on any atom is -0.372 e. The van der Waals surface area contributed by atoms with Gasteiger partial charge in [0.05, 0.1) is 23.2 Å². The molecule has 84 valence electrons. The Balaban J connectivity index is 2.32. The van der Waals surface area contributed by atoms with Crippen molar-refractivity contribution in [2.45, 2.75) is 18.9 Å². The third-order valence-electron chi connectivity index (χ3n) is 2.49. The molecule has 6 nitrogen and oxygen atoms in total. The van der Waals surface area contributed by atoms with E-state index in [0.29, 0.717) is 18.6 Å². The van der Waals surface area contributed by atoms with Gasteiger partial charge in [0.15, 0.2) is 0 Å². The highest BCUT2D eigenvalue weighted by Gasteiger charge is 2.27. The number of ketones is 1. The molecule has 2 rings (SSSR count). The SMILES string of the molecule is O=C1CCOC(c2ccncc2[N+](=O)[O-])C1. The summed E-state index contributed by atoms with van der Waals surface area (Å²) in [4.78, 5) is 25.2. The summed E-state index contributed by atoms with van der Waals surface area (Å²) < 4.78 is 5.37. The fraction of sp³-hybridized carbons (Fsp3) is 0.400. The van der Waals surface area contributed by atoms with E-state index in [2.05, 4.69) is 4.98 Å². The van der Waals surface area contributed by atoms with Crippen LogP contribution in [-0.4, -0.2) is 22.3 Å². The maximum absolute atomic E-state index is 11.3. The maximum atomic E-state index is 11.3. The molecule has 1 saturated heterocycles. The average Bonchev–Trinajstić information content (AvgIpc) is 2.29. The summed E-state index contributed by atoms with van der Waals surface area (Å²) in [6.45, 7) is 0.322. The molecule has 0 spiro atoms. The highest BCUT2D eigenvalue weighted by atomic mass is 16.6. The Morgan fingerprint density at radius 2 is 2.38 bits per heavy atom. The number of hydrogen-bond donors (Lipinski definition) is 0. The van der Waals surface area contributed by atoms with Gasteiger partial charge in [0.2, 0.25) is 0 Å². The van der Waals surface area contributed by atoms with Gasteiger partial charge in [-0.2, -0.15) is 0 Å². The summed E-state index contributed by atoms with van der Waals surface area (Å²) in [6, 6.07) is 1.53. The molecule has 0 amide bonds. The van der Waals surface area contributed by atoms with Gasteiger partial charge in [-0.25, -0.2) is 0 Å². The monoisotopic (exact) mass is 222 g/mol. The number of aromatic nitrogens is 1. The van der Waals surface area contributed by atoms with E-state index >= 15 is 0 Å². The molecule has 0 aliphatic carbocycles. The van der Waals surface area contributed by atoms with Crippen LogP contribution >= 0.6 is 0 Å². The molecule has 16 heavy (non-hydrogen) atoms. The Kier molecular flexibility index (Phi) is 2.91. The summed E-state index contributed by atoms with van der Waals surface area (Å²) >= 11 is 0. The molecule has 0 N–H and O–H groups in total. The van der Waals surface area contributed by atoms with Crippen LogP contribution in [0.1, 0.15) is 24.5 Å². The molecule has 1 aromatic rings. The third kappa shape index (κ3) is 2.06. The van der Waals surface area contributed by atoms with Gasteiger partial charge in [-0.1, -0.05) is 0 Å². The predicted octanol–water partition coefficient (Wildman–Crippen LogP) is 1.41. The number of pyridine rings is 1. The Bertz CT molecular complexity index is 433. The van der Waals surface area contributed by atoms with E-state index < -0.39 is 11.0 Å². The van der Waals surface area contributed by atoms with E-state index in [1.54, 1.807) is 0 Å². The van der Waals surface area contributed by atoms with Crippen LogP contribution in [0.3, 0.4) is 0 Å². The fourth-order valence-corrected chi connectivity index (χ4v) is 1.70. The lowest BCUT2D eigenvalue weighted by Crippen LogP contribution is -2.20. The Hall–Kier alpha value is -1.82. The number of nitro groups is 1. The first-order chi connectivity index (χ1) is 7.68. The van der Waals surface area contributed by atoms with Crippen LogP contribution in [-0.2, 0) is 9.53 Å². The van der Waals surface area contributed by atoms with Crippen LogP contribution in [0.25, 0.3) is 0 Å². The van der Waals surface area contributed by atoms with Crippen LogP contribution in [0, 0.1) is 10.1 Å². The van der Waals surface area contributed by atoms with Gasteiger partial charge in [0.25, 0.3) is 5.69 Å². The molecule has 0 bridgehead atoms. The summed E-state index contributed by atoms with van der Waals surface area (Å²) in [5.41, 5.74) is 0.329. The van der Waals surface area contributed by atoms with Crippen LogP contribution in [0.5, 0.6) is 0 Å². The lowest BCUT2D eigenvalue weighted by Gasteiger charge is -2.21. The predicted molar refractivity (Wildman–Crippen MR) is 53.8 cm³/mol. The van der Waals surface area contributed by atoms with Crippen molar-refractivity contribution in [3.8, 4) is 0 Å². The third-order valence-corrected chi connectivity index (χ3v) is 2.49. The summed E-state index contributed by atoms with van der Waals surface area (Å²) in [5, 5.41) is 10.8. The first-order valence-electron chi connectivity index (χ1n) is 4.90. The van der Waals surface area contributed by atoms with E-state index in [9.17, 15) is 14.9 Å². The largest absolute Gasteiger partial charge is 0.372 e. The first-order valence-corrected chi connectivity index (χ1v) is 4.90. The normalized spacial score (nSPS) is 20.8. The zero-order valence-electron chi connectivity index (χ0n) is 8.46. The highest BCUT2D eigenvalue weighted by molar-refractivity contribution is 5.80. The Morgan fingerprint density at radius 3 is 3.06 bits per heavy atom. The quantitative estimate of drug-likeness (QED) is 0.558. The minimum atomic E-state index is -0.510.